The Hall–Kier alpha value is -2.88. The predicted octanol–water partition coefficient (Wildman–Crippen LogP) is 3.70. The SMILES string of the molecule is CN(C)C(=O)CCn1cnc(-c2ccccc2)c1-c1ccccc1. The number of benzene rings is 2. The molecule has 0 radical (unpaired) electrons. The number of aromatic nitrogens is 2. The van der Waals surface area contributed by atoms with Crippen LogP contribution in [0.15, 0.2) is 67.0 Å². The molecular weight excluding hydrogens is 298 g/mol. The van der Waals surface area contributed by atoms with Crippen molar-refractivity contribution in [1.29, 1.82) is 0 Å². The number of hydrogen-bond donors (Lipinski definition) is 0. The molecule has 3 rings (SSSR count). The first-order chi connectivity index (χ1) is 11.7. The fourth-order valence-corrected chi connectivity index (χ4v) is 2.70. The Bertz CT molecular complexity index is 807. The minimum Gasteiger partial charge on any atom is -0.349 e. The van der Waals surface area contributed by atoms with Crippen molar-refractivity contribution in [1.82, 2.24) is 14.5 Å². The zero-order valence-electron chi connectivity index (χ0n) is 14.0. The van der Waals surface area contributed by atoms with Crippen LogP contribution < -0.4 is 0 Å². The van der Waals surface area contributed by atoms with E-state index in [1.54, 1.807) is 19.0 Å². The molecule has 0 aliphatic carbocycles. The van der Waals surface area contributed by atoms with Crippen molar-refractivity contribution in [2.75, 3.05) is 14.1 Å². The van der Waals surface area contributed by atoms with Gasteiger partial charge < -0.3 is 9.47 Å². The number of amides is 1. The maximum atomic E-state index is 11.9. The van der Waals surface area contributed by atoms with Crippen molar-refractivity contribution < 1.29 is 4.79 Å². The van der Waals surface area contributed by atoms with Gasteiger partial charge in [-0.05, 0) is 0 Å². The van der Waals surface area contributed by atoms with Crippen molar-refractivity contribution in [3.8, 4) is 22.5 Å². The third kappa shape index (κ3) is 3.38. The highest BCUT2D eigenvalue weighted by Crippen LogP contribution is 2.31. The molecule has 1 aromatic heterocycles. The third-order valence-corrected chi connectivity index (χ3v) is 4.00. The zero-order valence-corrected chi connectivity index (χ0v) is 14.0. The topological polar surface area (TPSA) is 38.1 Å². The van der Waals surface area contributed by atoms with Gasteiger partial charge in [0.25, 0.3) is 0 Å². The number of imidazole rings is 1. The fraction of sp³-hybridized carbons (Fsp3) is 0.200. The molecule has 0 fully saturated rings. The monoisotopic (exact) mass is 319 g/mol. The summed E-state index contributed by atoms with van der Waals surface area (Å²) in [4.78, 5) is 18.2. The van der Waals surface area contributed by atoms with Crippen LogP contribution in [-0.2, 0) is 11.3 Å². The summed E-state index contributed by atoms with van der Waals surface area (Å²) in [6, 6.07) is 20.3. The quantitative estimate of drug-likeness (QED) is 0.719. The highest BCUT2D eigenvalue weighted by molar-refractivity contribution is 5.79. The first kappa shape index (κ1) is 16.0. The molecule has 0 saturated carbocycles. The number of carbonyl (C=O) groups is 1. The molecule has 0 N–H and O–H groups in total. The lowest BCUT2D eigenvalue weighted by atomic mass is 10.0. The summed E-state index contributed by atoms with van der Waals surface area (Å²) < 4.78 is 2.07. The van der Waals surface area contributed by atoms with Gasteiger partial charge in [0.05, 0.1) is 17.7 Å². The number of carbonyl (C=O) groups excluding carboxylic acids is 1. The average Bonchev–Trinajstić information content (AvgIpc) is 3.05. The minimum absolute atomic E-state index is 0.115. The zero-order chi connectivity index (χ0) is 16.9. The van der Waals surface area contributed by atoms with Gasteiger partial charge in [0.1, 0.15) is 0 Å². The Morgan fingerprint density at radius 3 is 2.12 bits per heavy atom. The van der Waals surface area contributed by atoms with E-state index in [-0.39, 0.29) is 5.91 Å². The van der Waals surface area contributed by atoms with Crippen LogP contribution in [0.25, 0.3) is 22.5 Å². The number of nitrogens with zero attached hydrogens (tertiary/aromatic N) is 3. The van der Waals surface area contributed by atoms with E-state index in [9.17, 15) is 4.79 Å². The molecule has 0 aliphatic rings. The molecule has 2 aromatic carbocycles. The standard InChI is InChI=1S/C20H21N3O/c1-22(2)18(24)13-14-23-15-21-19(16-9-5-3-6-10-16)20(23)17-11-7-4-8-12-17/h3-12,15H,13-14H2,1-2H3. The van der Waals surface area contributed by atoms with Crippen LogP contribution in [0, 0.1) is 0 Å². The first-order valence-corrected chi connectivity index (χ1v) is 8.03. The number of hydrogen-bond acceptors (Lipinski definition) is 2. The molecule has 0 bridgehead atoms. The molecular formula is C20H21N3O. The smallest absolute Gasteiger partial charge is 0.223 e. The summed E-state index contributed by atoms with van der Waals surface area (Å²) in [6.07, 6.45) is 2.28. The van der Waals surface area contributed by atoms with E-state index < -0.39 is 0 Å². The Balaban J connectivity index is 2.01. The molecule has 3 aromatic rings. The molecule has 4 nitrogen and oxygen atoms in total. The second-order valence-electron chi connectivity index (χ2n) is 5.91. The predicted molar refractivity (Wildman–Crippen MR) is 96.4 cm³/mol. The lowest BCUT2D eigenvalue weighted by molar-refractivity contribution is -0.128. The highest BCUT2D eigenvalue weighted by Gasteiger charge is 2.15. The lowest BCUT2D eigenvalue weighted by Gasteiger charge is -2.13. The van der Waals surface area contributed by atoms with Crippen molar-refractivity contribution in [2.45, 2.75) is 13.0 Å². The van der Waals surface area contributed by atoms with E-state index in [4.69, 9.17) is 0 Å². The largest absolute Gasteiger partial charge is 0.349 e. The normalized spacial score (nSPS) is 10.6. The molecule has 0 unspecified atom stereocenters. The van der Waals surface area contributed by atoms with Crippen molar-refractivity contribution in [3.05, 3.63) is 67.0 Å². The van der Waals surface area contributed by atoms with Gasteiger partial charge in [-0.15, -0.1) is 0 Å². The van der Waals surface area contributed by atoms with Crippen LogP contribution in [0.2, 0.25) is 0 Å². The lowest BCUT2D eigenvalue weighted by Crippen LogP contribution is -2.22. The van der Waals surface area contributed by atoms with Gasteiger partial charge in [-0.3, -0.25) is 4.79 Å². The Morgan fingerprint density at radius 1 is 0.958 bits per heavy atom. The van der Waals surface area contributed by atoms with Gasteiger partial charge in [0.15, 0.2) is 0 Å². The van der Waals surface area contributed by atoms with Crippen LogP contribution in [0.1, 0.15) is 6.42 Å². The highest BCUT2D eigenvalue weighted by atomic mass is 16.2. The average molecular weight is 319 g/mol. The molecule has 122 valence electrons. The van der Waals surface area contributed by atoms with Crippen LogP contribution in [-0.4, -0.2) is 34.5 Å². The first-order valence-electron chi connectivity index (χ1n) is 8.03. The third-order valence-electron chi connectivity index (χ3n) is 4.00. The van der Waals surface area contributed by atoms with Gasteiger partial charge in [-0.2, -0.15) is 0 Å². The van der Waals surface area contributed by atoms with Crippen LogP contribution >= 0.6 is 0 Å². The van der Waals surface area contributed by atoms with Gasteiger partial charge >= 0.3 is 0 Å². The maximum Gasteiger partial charge on any atom is 0.223 e. The molecule has 0 aliphatic heterocycles. The van der Waals surface area contributed by atoms with Crippen molar-refractivity contribution in [3.63, 3.8) is 0 Å². The summed E-state index contributed by atoms with van der Waals surface area (Å²) in [5.74, 6) is 0.115. The van der Waals surface area contributed by atoms with E-state index >= 15 is 0 Å². The fourth-order valence-electron chi connectivity index (χ4n) is 2.70. The van der Waals surface area contributed by atoms with Gasteiger partial charge in [0.2, 0.25) is 5.91 Å². The Kier molecular flexibility index (Phi) is 4.75. The molecule has 24 heavy (non-hydrogen) atoms. The van der Waals surface area contributed by atoms with Gasteiger partial charge in [-0.25, -0.2) is 4.98 Å². The van der Waals surface area contributed by atoms with Crippen LogP contribution in [0.5, 0.6) is 0 Å². The van der Waals surface area contributed by atoms with Gasteiger partial charge in [-0.1, -0.05) is 60.7 Å². The van der Waals surface area contributed by atoms with Gasteiger partial charge in [0, 0.05) is 38.2 Å². The summed E-state index contributed by atoms with van der Waals surface area (Å²) in [7, 11) is 3.56. The summed E-state index contributed by atoms with van der Waals surface area (Å²) in [5.41, 5.74) is 4.17. The number of rotatable bonds is 5. The molecule has 4 heteroatoms. The Labute approximate surface area is 142 Å². The van der Waals surface area contributed by atoms with E-state index in [0.29, 0.717) is 13.0 Å². The van der Waals surface area contributed by atoms with E-state index in [0.717, 1.165) is 22.5 Å². The van der Waals surface area contributed by atoms with Crippen LogP contribution in [0.4, 0.5) is 0 Å². The van der Waals surface area contributed by atoms with E-state index in [1.807, 2.05) is 42.7 Å². The van der Waals surface area contributed by atoms with Crippen LogP contribution in [0.3, 0.4) is 0 Å². The number of aryl methyl sites for hydroxylation is 1. The summed E-state index contributed by atoms with van der Waals surface area (Å²) >= 11 is 0. The second-order valence-corrected chi connectivity index (χ2v) is 5.91. The molecule has 0 spiro atoms. The van der Waals surface area contributed by atoms with E-state index in [2.05, 4.69) is 33.8 Å². The molecule has 0 atom stereocenters. The Morgan fingerprint density at radius 2 is 1.54 bits per heavy atom. The second kappa shape index (κ2) is 7.13. The van der Waals surface area contributed by atoms with E-state index in [1.165, 1.54) is 0 Å². The summed E-state index contributed by atoms with van der Waals surface area (Å²) in [6.45, 7) is 0.612. The molecule has 1 heterocycles. The molecule has 0 saturated heterocycles. The maximum absolute atomic E-state index is 11.9. The van der Waals surface area contributed by atoms with Crippen molar-refractivity contribution in [2.24, 2.45) is 0 Å². The molecule has 1 amide bonds. The minimum atomic E-state index is 0.115. The van der Waals surface area contributed by atoms with Crippen molar-refractivity contribution >= 4 is 5.91 Å². The summed E-state index contributed by atoms with van der Waals surface area (Å²) in [5, 5.41) is 0.